The van der Waals surface area contributed by atoms with Crippen molar-refractivity contribution < 1.29 is 4.79 Å². The standard InChI is InChI=1S/C15H27N5O/c1-6-20(9-7-8-19(4)5)15(21)13-12(16)10-17-14(18-13)11(2)3/h10-11H,6-9,16H2,1-5H3. The molecule has 2 N–H and O–H groups in total. The third-order valence-corrected chi connectivity index (χ3v) is 3.26. The van der Waals surface area contributed by atoms with Crippen molar-refractivity contribution in [3.8, 4) is 0 Å². The van der Waals surface area contributed by atoms with Crippen LogP contribution in [0.1, 0.15) is 49.4 Å². The first-order valence-electron chi connectivity index (χ1n) is 7.43. The Balaban J connectivity index is 2.86. The van der Waals surface area contributed by atoms with Crippen LogP contribution in [-0.4, -0.2) is 59.4 Å². The van der Waals surface area contributed by atoms with Gasteiger partial charge in [-0.25, -0.2) is 9.97 Å². The van der Waals surface area contributed by atoms with Crippen LogP contribution >= 0.6 is 0 Å². The van der Waals surface area contributed by atoms with E-state index in [0.29, 0.717) is 30.3 Å². The van der Waals surface area contributed by atoms with E-state index >= 15 is 0 Å². The quantitative estimate of drug-likeness (QED) is 0.826. The van der Waals surface area contributed by atoms with Gasteiger partial charge in [0.05, 0.1) is 11.9 Å². The van der Waals surface area contributed by atoms with Crippen molar-refractivity contribution in [2.24, 2.45) is 0 Å². The highest BCUT2D eigenvalue weighted by molar-refractivity contribution is 5.96. The Labute approximate surface area is 127 Å². The average Bonchev–Trinajstić information content (AvgIpc) is 2.43. The van der Waals surface area contributed by atoms with Gasteiger partial charge in [0.25, 0.3) is 5.91 Å². The summed E-state index contributed by atoms with van der Waals surface area (Å²) in [4.78, 5) is 25.0. The third-order valence-electron chi connectivity index (χ3n) is 3.26. The van der Waals surface area contributed by atoms with Crippen LogP contribution in [0.25, 0.3) is 0 Å². The van der Waals surface area contributed by atoms with Gasteiger partial charge in [0, 0.05) is 19.0 Å². The maximum Gasteiger partial charge on any atom is 0.274 e. The van der Waals surface area contributed by atoms with Gasteiger partial charge in [0.2, 0.25) is 0 Å². The Hall–Kier alpha value is -1.69. The number of rotatable bonds is 7. The van der Waals surface area contributed by atoms with Gasteiger partial charge in [0.15, 0.2) is 5.69 Å². The van der Waals surface area contributed by atoms with Gasteiger partial charge >= 0.3 is 0 Å². The molecule has 6 nitrogen and oxygen atoms in total. The fourth-order valence-corrected chi connectivity index (χ4v) is 1.99. The molecule has 0 aliphatic carbocycles. The second-order valence-corrected chi connectivity index (χ2v) is 5.73. The molecular formula is C15H27N5O. The molecule has 0 aliphatic heterocycles. The molecule has 0 radical (unpaired) electrons. The lowest BCUT2D eigenvalue weighted by Crippen LogP contribution is -2.34. The molecule has 0 atom stereocenters. The maximum absolute atomic E-state index is 12.6. The summed E-state index contributed by atoms with van der Waals surface area (Å²) in [6, 6.07) is 0. The Morgan fingerprint density at radius 3 is 2.52 bits per heavy atom. The van der Waals surface area contributed by atoms with E-state index < -0.39 is 0 Å². The molecular weight excluding hydrogens is 266 g/mol. The van der Waals surface area contributed by atoms with Gasteiger partial charge < -0.3 is 15.5 Å². The number of nitrogens with zero attached hydrogens (tertiary/aromatic N) is 4. The number of amides is 1. The summed E-state index contributed by atoms with van der Waals surface area (Å²) in [5.41, 5.74) is 6.54. The molecule has 1 amide bonds. The molecule has 1 aromatic heterocycles. The van der Waals surface area contributed by atoms with Gasteiger partial charge in [0.1, 0.15) is 5.82 Å². The van der Waals surface area contributed by atoms with Gasteiger partial charge in [-0.05, 0) is 34.0 Å². The molecule has 1 aromatic rings. The molecule has 0 aliphatic rings. The van der Waals surface area contributed by atoms with Crippen molar-refractivity contribution in [1.82, 2.24) is 19.8 Å². The zero-order valence-corrected chi connectivity index (χ0v) is 13.8. The van der Waals surface area contributed by atoms with Crippen LogP contribution in [0.3, 0.4) is 0 Å². The summed E-state index contributed by atoms with van der Waals surface area (Å²) in [5.74, 6) is 0.705. The number of carbonyl (C=O) groups excluding carboxylic acids is 1. The first-order chi connectivity index (χ1) is 9.86. The average molecular weight is 293 g/mol. The fourth-order valence-electron chi connectivity index (χ4n) is 1.99. The predicted octanol–water partition coefficient (Wildman–Crippen LogP) is 1.60. The Kier molecular flexibility index (Phi) is 6.55. The normalized spacial score (nSPS) is 11.2. The molecule has 21 heavy (non-hydrogen) atoms. The number of hydrogen-bond donors (Lipinski definition) is 1. The minimum Gasteiger partial charge on any atom is -0.396 e. The highest BCUT2D eigenvalue weighted by atomic mass is 16.2. The van der Waals surface area contributed by atoms with E-state index in [9.17, 15) is 4.79 Å². The summed E-state index contributed by atoms with van der Waals surface area (Å²) >= 11 is 0. The van der Waals surface area contributed by atoms with E-state index in [1.165, 1.54) is 6.20 Å². The predicted molar refractivity (Wildman–Crippen MR) is 85.3 cm³/mol. The minimum absolute atomic E-state index is 0.113. The molecule has 1 heterocycles. The molecule has 6 heteroatoms. The molecule has 0 unspecified atom stereocenters. The van der Waals surface area contributed by atoms with Crippen molar-refractivity contribution in [3.05, 3.63) is 17.7 Å². The Morgan fingerprint density at radius 2 is 2.00 bits per heavy atom. The molecule has 118 valence electrons. The second kappa shape index (κ2) is 7.93. The number of aromatic nitrogens is 2. The summed E-state index contributed by atoms with van der Waals surface area (Å²) in [7, 11) is 4.05. The molecule has 0 spiro atoms. The first kappa shape index (κ1) is 17.4. The Bertz CT molecular complexity index is 473. The summed E-state index contributed by atoms with van der Waals surface area (Å²) in [5, 5.41) is 0. The monoisotopic (exact) mass is 293 g/mol. The number of nitrogen functional groups attached to an aromatic ring is 1. The van der Waals surface area contributed by atoms with E-state index in [1.54, 1.807) is 4.90 Å². The van der Waals surface area contributed by atoms with Crippen molar-refractivity contribution >= 4 is 11.6 Å². The molecule has 0 saturated heterocycles. The minimum atomic E-state index is -0.113. The lowest BCUT2D eigenvalue weighted by molar-refractivity contribution is 0.0754. The topological polar surface area (TPSA) is 75.3 Å². The number of carbonyl (C=O) groups is 1. The van der Waals surface area contributed by atoms with Gasteiger partial charge in [-0.2, -0.15) is 0 Å². The zero-order valence-electron chi connectivity index (χ0n) is 13.8. The van der Waals surface area contributed by atoms with Crippen LogP contribution in [0.4, 0.5) is 5.69 Å². The largest absolute Gasteiger partial charge is 0.396 e. The zero-order chi connectivity index (χ0) is 16.0. The molecule has 0 fully saturated rings. The summed E-state index contributed by atoms with van der Waals surface area (Å²) < 4.78 is 0. The Morgan fingerprint density at radius 1 is 1.33 bits per heavy atom. The van der Waals surface area contributed by atoms with Gasteiger partial charge in [-0.3, -0.25) is 4.79 Å². The van der Waals surface area contributed by atoms with Crippen molar-refractivity contribution in [1.29, 1.82) is 0 Å². The van der Waals surface area contributed by atoms with Crippen molar-refractivity contribution in [3.63, 3.8) is 0 Å². The van der Waals surface area contributed by atoms with Gasteiger partial charge in [-0.1, -0.05) is 13.8 Å². The van der Waals surface area contributed by atoms with Crippen LogP contribution in [-0.2, 0) is 0 Å². The van der Waals surface area contributed by atoms with E-state index in [-0.39, 0.29) is 11.8 Å². The van der Waals surface area contributed by atoms with Crippen LogP contribution in [0, 0.1) is 0 Å². The summed E-state index contributed by atoms with van der Waals surface area (Å²) in [6.07, 6.45) is 2.46. The van der Waals surface area contributed by atoms with Crippen LogP contribution in [0.5, 0.6) is 0 Å². The van der Waals surface area contributed by atoms with Crippen LogP contribution in [0.15, 0.2) is 6.20 Å². The van der Waals surface area contributed by atoms with Gasteiger partial charge in [-0.15, -0.1) is 0 Å². The highest BCUT2D eigenvalue weighted by Gasteiger charge is 2.20. The van der Waals surface area contributed by atoms with E-state index in [1.807, 2.05) is 34.9 Å². The highest BCUT2D eigenvalue weighted by Crippen LogP contribution is 2.15. The second-order valence-electron chi connectivity index (χ2n) is 5.73. The lowest BCUT2D eigenvalue weighted by atomic mass is 10.2. The molecule has 0 bridgehead atoms. The maximum atomic E-state index is 12.6. The fraction of sp³-hybridized carbons (Fsp3) is 0.667. The molecule has 1 rings (SSSR count). The SMILES string of the molecule is CCN(CCCN(C)C)C(=O)c1nc(C(C)C)ncc1N. The van der Waals surface area contributed by atoms with E-state index in [2.05, 4.69) is 14.9 Å². The smallest absolute Gasteiger partial charge is 0.274 e. The van der Waals surface area contributed by atoms with E-state index in [4.69, 9.17) is 5.73 Å². The van der Waals surface area contributed by atoms with E-state index in [0.717, 1.165) is 13.0 Å². The van der Waals surface area contributed by atoms with Crippen LogP contribution < -0.4 is 5.73 Å². The number of nitrogens with two attached hydrogens (primary N) is 1. The third kappa shape index (κ3) is 4.97. The lowest BCUT2D eigenvalue weighted by Gasteiger charge is -2.22. The van der Waals surface area contributed by atoms with Crippen molar-refractivity contribution in [2.75, 3.05) is 39.5 Å². The number of anilines is 1. The first-order valence-corrected chi connectivity index (χ1v) is 7.43. The summed E-state index contributed by atoms with van der Waals surface area (Å²) in [6.45, 7) is 8.25. The van der Waals surface area contributed by atoms with Crippen molar-refractivity contribution in [2.45, 2.75) is 33.1 Å². The molecule has 0 aromatic carbocycles. The number of hydrogen-bond acceptors (Lipinski definition) is 5. The molecule has 0 saturated carbocycles. The van der Waals surface area contributed by atoms with Crippen LogP contribution in [0.2, 0.25) is 0 Å².